The summed E-state index contributed by atoms with van der Waals surface area (Å²) in [5.74, 6) is 1.40. The lowest BCUT2D eigenvalue weighted by Gasteiger charge is -2.30. The molecule has 0 bridgehead atoms. The third kappa shape index (κ3) is 3.64. The fourth-order valence-corrected chi connectivity index (χ4v) is 5.66. The molecule has 7 nitrogen and oxygen atoms in total. The Bertz CT molecular complexity index is 1240. The maximum absolute atomic E-state index is 6.33. The van der Waals surface area contributed by atoms with Gasteiger partial charge < -0.3 is 15.2 Å². The number of hydrogen-bond acceptors (Lipinski definition) is 7. The summed E-state index contributed by atoms with van der Waals surface area (Å²) >= 11 is 1.72. The van der Waals surface area contributed by atoms with Crippen molar-refractivity contribution in [3.8, 4) is 16.2 Å². The molecular formula is C23H27N5O2S. The van der Waals surface area contributed by atoms with Gasteiger partial charge in [0.15, 0.2) is 5.82 Å². The molecule has 5 rings (SSSR count). The molecule has 8 heteroatoms. The highest BCUT2D eigenvalue weighted by Gasteiger charge is 2.22. The molecule has 3 aromatic heterocycles. The van der Waals surface area contributed by atoms with Gasteiger partial charge in [-0.25, -0.2) is 9.50 Å². The van der Waals surface area contributed by atoms with Crippen molar-refractivity contribution in [3.05, 3.63) is 41.9 Å². The molecule has 0 unspecified atom stereocenters. The number of aryl methyl sites for hydroxylation is 1. The van der Waals surface area contributed by atoms with Crippen molar-refractivity contribution in [1.29, 1.82) is 0 Å². The topological polar surface area (TPSA) is 77.9 Å². The van der Waals surface area contributed by atoms with Crippen LogP contribution in [0.5, 0.6) is 5.75 Å². The second-order valence-corrected chi connectivity index (χ2v) is 9.21. The lowest BCUT2D eigenvalue weighted by atomic mass is 10.1. The predicted molar refractivity (Wildman–Crippen MR) is 125 cm³/mol. The summed E-state index contributed by atoms with van der Waals surface area (Å²) < 4.78 is 14.2. The van der Waals surface area contributed by atoms with E-state index < -0.39 is 0 Å². The number of anilines is 1. The zero-order valence-corrected chi connectivity index (χ0v) is 18.9. The average molecular weight is 438 g/mol. The van der Waals surface area contributed by atoms with Crippen molar-refractivity contribution >= 4 is 32.8 Å². The Morgan fingerprint density at radius 2 is 1.97 bits per heavy atom. The summed E-state index contributed by atoms with van der Waals surface area (Å²) in [6.45, 7) is 4.94. The minimum absolute atomic E-state index is 0.367. The van der Waals surface area contributed by atoms with Gasteiger partial charge >= 0.3 is 0 Å². The van der Waals surface area contributed by atoms with Gasteiger partial charge in [-0.3, -0.25) is 4.90 Å². The fourth-order valence-electron chi connectivity index (χ4n) is 4.51. The zero-order valence-electron chi connectivity index (χ0n) is 18.1. The number of methoxy groups -OCH3 is 2. The molecule has 0 atom stereocenters. The summed E-state index contributed by atoms with van der Waals surface area (Å²) in [4.78, 5) is 7.87. The predicted octanol–water partition coefficient (Wildman–Crippen LogP) is 4.12. The first kappa shape index (κ1) is 20.2. The third-order valence-corrected chi connectivity index (χ3v) is 7.32. The number of hydrogen-bond donors (Lipinski definition) is 1. The fraction of sp³-hybridized carbons (Fsp3) is 0.391. The van der Waals surface area contributed by atoms with Crippen LogP contribution in [0.1, 0.15) is 24.1 Å². The normalized spacial score (nSPS) is 15.8. The van der Waals surface area contributed by atoms with Gasteiger partial charge in [0, 0.05) is 37.2 Å². The summed E-state index contributed by atoms with van der Waals surface area (Å²) in [7, 11) is 3.52. The van der Waals surface area contributed by atoms with Crippen molar-refractivity contribution in [3.63, 3.8) is 0 Å². The van der Waals surface area contributed by atoms with E-state index in [-0.39, 0.29) is 0 Å². The molecule has 1 aromatic carbocycles. The maximum Gasteiger partial charge on any atom is 0.152 e. The molecule has 4 heterocycles. The number of likely N-dealkylation sites (tertiary alicyclic amines) is 1. The van der Waals surface area contributed by atoms with E-state index in [1.807, 2.05) is 4.52 Å². The first-order chi connectivity index (χ1) is 15.1. The standard InChI is InChI=1S/C23H27N5O2S/c1-14-8-15-10-20(31-22(15)19(9-14)30-3)18-11-16(28-21(18)23(24)25-13-26-28)12-27-6-4-17(29-2)5-7-27/h8-11,13,17H,4-7,12H2,1-3H3,(H2,24,25,26). The molecule has 162 valence electrons. The lowest BCUT2D eigenvalue weighted by Crippen LogP contribution is -2.36. The highest BCUT2D eigenvalue weighted by Crippen LogP contribution is 2.42. The van der Waals surface area contributed by atoms with Gasteiger partial charge in [-0.05, 0) is 48.9 Å². The second-order valence-electron chi connectivity index (χ2n) is 8.16. The number of nitrogens with two attached hydrogens (primary N) is 1. The maximum atomic E-state index is 6.33. The third-order valence-electron chi connectivity index (χ3n) is 6.12. The number of thiophene rings is 1. The van der Waals surface area contributed by atoms with E-state index in [2.05, 4.69) is 46.2 Å². The monoisotopic (exact) mass is 437 g/mol. The van der Waals surface area contributed by atoms with E-state index in [4.69, 9.17) is 15.2 Å². The Morgan fingerprint density at radius 1 is 1.16 bits per heavy atom. The summed E-state index contributed by atoms with van der Waals surface area (Å²) in [6, 6.07) is 8.70. The molecule has 1 fully saturated rings. The van der Waals surface area contributed by atoms with Crippen LogP contribution in [-0.4, -0.2) is 52.9 Å². The second kappa shape index (κ2) is 8.11. The van der Waals surface area contributed by atoms with Crippen molar-refractivity contribution in [2.45, 2.75) is 32.4 Å². The largest absolute Gasteiger partial charge is 0.495 e. The quantitative estimate of drug-likeness (QED) is 0.506. The van der Waals surface area contributed by atoms with E-state index in [9.17, 15) is 0 Å². The van der Waals surface area contributed by atoms with Gasteiger partial charge in [0.1, 0.15) is 17.6 Å². The number of aromatic nitrogens is 3. The van der Waals surface area contributed by atoms with Crippen LogP contribution in [0.2, 0.25) is 0 Å². The minimum atomic E-state index is 0.367. The van der Waals surface area contributed by atoms with E-state index >= 15 is 0 Å². The summed E-state index contributed by atoms with van der Waals surface area (Å²) in [6.07, 6.45) is 4.01. The summed E-state index contributed by atoms with van der Waals surface area (Å²) in [5.41, 5.74) is 10.6. The minimum Gasteiger partial charge on any atom is -0.495 e. The van der Waals surface area contributed by atoms with Crippen LogP contribution in [0.15, 0.2) is 30.6 Å². The molecule has 4 aromatic rings. The van der Waals surface area contributed by atoms with Crippen molar-refractivity contribution in [1.82, 2.24) is 19.5 Å². The van der Waals surface area contributed by atoms with E-state index in [0.717, 1.165) is 64.6 Å². The van der Waals surface area contributed by atoms with Gasteiger partial charge in [0.2, 0.25) is 0 Å². The van der Waals surface area contributed by atoms with Gasteiger partial charge in [-0.15, -0.1) is 11.3 Å². The van der Waals surface area contributed by atoms with Crippen LogP contribution < -0.4 is 10.5 Å². The van der Waals surface area contributed by atoms with Gasteiger partial charge in [0.05, 0.1) is 23.6 Å². The zero-order chi connectivity index (χ0) is 21.5. The van der Waals surface area contributed by atoms with Gasteiger partial charge in [-0.1, -0.05) is 6.07 Å². The summed E-state index contributed by atoms with van der Waals surface area (Å²) in [5, 5.41) is 5.72. The molecule has 1 aliphatic rings. The number of piperidine rings is 1. The number of nitrogens with zero attached hydrogens (tertiary/aromatic N) is 4. The average Bonchev–Trinajstić information content (AvgIpc) is 3.36. The molecule has 0 radical (unpaired) electrons. The van der Waals surface area contributed by atoms with Crippen LogP contribution >= 0.6 is 11.3 Å². The van der Waals surface area contributed by atoms with Gasteiger partial charge in [-0.2, -0.15) is 5.10 Å². The Hall–Kier alpha value is -2.68. The van der Waals surface area contributed by atoms with Crippen LogP contribution in [-0.2, 0) is 11.3 Å². The molecule has 0 amide bonds. The molecule has 1 saturated heterocycles. The number of benzene rings is 1. The highest BCUT2D eigenvalue weighted by molar-refractivity contribution is 7.22. The van der Waals surface area contributed by atoms with Crippen LogP contribution in [0.25, 0.3) is 26.0 Å². The number of fused-ring (bicyclic) bond motifs is 2. The van der Waals surface area contributed by atoms with Crippen molar-refractivity contribution in [2.24, 2.45) is 0 Å². The molecule has 0 saturated carbocycles. The Balaban J connectivity index is 1.58. The Kier molecular flexibility index (Phi) is 5.29. The van der Waals surface area contributed by atoms with E-state index in [1.54, 1.807) is 25.6 Å². The lowest BCUT2D eigenvalue weighted by molar-refractivity contribution is 0.0384. The molecular weight excluding hydrogens is 410 g/mol. The number of ether oxygens (including phenoxy) is 2. The van der Waals surface area contributed by atoms with E-state index in [1.165, 1.54) is 17.3 Å². The number of nitrogen functional groups attached to an aromatic ring is 1. The Labute approximate surface area is 185 Å². The molecule has 1 aliphatic heterocycles. The molecule has 2 N–H and O–H groups in total. The van der Waals surface area contributed by atoms with Crippen molar-refractivity contribution < 1.29 is 9.47 Å². The van der Waals surface area contributed by atoms with Crippen molar-refractivity contribution in [2.75, 3.05) is 33.0 Å². The smallest absolute Gasteiger partial charge is 0.152 e. The first-order valence-electron chi connectivity index (χ1n) is 10.5. The molecule has 31 heavy (non-hydrogen) atoms. The van der Waals surface area contributed by atoms with Crippen LogP contribution in [0.3, 0.4) is 0 Å². The van der Waals surface area contributed by atoms with E-state index in [0.29, 0.717) is 11.9 Å². The number of rotatable bonds is 5. The molecule has 0 aliphatic carbocycles. The molecule has 0 spiro atoms. The first-order valence-corrected chi connectivity index (χ1v) is 11.3. The Morgan fingerprint density at radius 3 is 2.71 bits per heavy atom. The highest BCUT2D eigenvalue weighted by atomic mass is 32.1. The SMILES string of the molecule is COc1cc(C)cc2cc(-c3cc(CN4CCC(OC)CC4)n4ncnc(N)c34)sc12. The van der Waals surface area contributed by atoms with Gasteiger partial charge in [0.25, 0.3) is 0 Å². The van der Waals surface area contributed by atoms with Crippen LogP contribution in [0.4, 0.5) is 5.82 Å². The van der Waals surface area contributed by atoms with Crippen LogP contribution in [0, 0.1) is 6.92 Å².